The number of piperidine rings is 1. The van der Waals surface area contributed by atoms with E-state index in [0.29, 0.717) is 5.92 Å². The van der Waals surface area contributed by atoms with Gasteiger partial charge in [0, 0.05) is 0 Å². The van der Waals surface area contributed by atoms with Gasteiger partial charge in [0.1, 0.15) is 0 Å². The normalized spacial score (nSPS) is 31.0. The molecule has 2 aliphatic rings. The molecule has 1 saturated heterocycles. The molecule has 1 saturated carbocycles. The van der Waals surface area contributed by atoms with Gasteiger partial charge in [0.25, 0.3) is 0 Å². The molecule has 1 aromatic carbocycles. The first-order chi connectivity index (χ1) is 10.2. The Morgan fingerprint density at radius 1 is 1.05 bits per heavy atom. The van der Waals surface area contributed by atoms with Gasteiger partial charge < -0.3 is 5.41 Å². The first-order valence-corrected chi connectivity index (χ1v) is 8.64. The average molecular weight is 284 g/mol. The van der Waals surface area contributed by atoms with E-state index < -0.39 is 0 Å². The van der Waals surface area contributed by atoms with Gasteiger partial charge in [-0.05, 0) is 50.3 Å². The van der Waals surface area contributed by atoms with Gasteiger partial charge in [0.05, 0.1) is 11.3 Å². The van der Waals surface area contributed by atoms with Crippen LogP contribution in [-0.2, 0) is 0 Å². The van der Waals surface area contributed by atoms with Crippen LogP contribution in [-0.4, -0.2) is 29.2 Å². The van der Waals surface area contributed by atoms with E-state index in [2.05, 4.69) is 42.2 Å². The van der Waals surface area contributed by atoms with Crippen LogP contribution in [0.2, 0.25) is 0 Å². The van der Waals surface area contributed by atoms with Crippen LogP contribution >= 0.6 is 0 Å². The van der Waals surface area contributed by atoms with Crippen LogP contribution in [0, 0.1) is 11.3 Å². The number of hydrogen-bond donors (Lipinski definition) is 1. The molecule has 1 aromatic rings. The zero-order valence-electron chi connectivity index (χ0n) is 13.3. The molecule has 2 fully saturated rings. The number of nitrogens with one attached hydrogen (secondary N) is 1. The van der Waals surface area contributed by atoms with Gasteiger partial charge in [-0.3, -0.25) is 4.90 Å². The Bertz CT molecular complexity index is 476. The predicted octanol–water partition coefficient (Wildman–Crippen LogP) is 4.49. The molecule has 0 bridgehead atoms. The molecule has 1 heterocycles. The molecule has 3 rings (SSSR count). The van der Waals surface area contributed by atoms with Crippen LogP contribution in [0.4, 0.5) is 0 Å². The van der Waals surface area contributed by atoms with Crippen LogP contribution in [0.3, 0.4) is 0 Å². The highest BCUT2D eigenvalue weighted by atomic mass is 15.2. The quantitative estimate of drug-likeness (QED) is 0.814. The highest BCUT2D eigenvalue weighted by Crippen LogP contribution is 2.42. The molecule has 0 amide bonds. The van der Waals surface area contributed by atoms with E-state index in [0.717, 1.165) is 11.3 Å². The van der Waals surface area contributed by atoms with E-state index in [9.17, 15) is 0 Å². The summed E-state index contributed by atoms with van der Waals surface area (Å²) in [5, 5.41) is 9.00. The second-order valence-electron chi connectivity index (χ2n) is 6.86. The summed E-state index contributed by atoms with van der Waals surface area (Å²) in [5.74, 6) is 0.594. The summed E-state index contributed by atoms with van der Waals surface area (Å²) < 4.78 is 0. The van der Waals surface area contributed by atoms with Crippen molar-refractivity contribution in [3.63, 3.8) is 0 Å². The van der Waals surface area contributed by atoms with Crippen molar-refractivity contribution in [2.45, 2.75) is 57.4 Å². The minimum atomic E-state index is -0.0139. The van der Waals surface area contributed by atoms with Gasteiger partial charge in [0.15, 0.2) is 0 Å². The van der Waals surface area contributed by atoms with Crippen molar-refractivity contribution >= 4 is 5.71 Å². The first-order valence-electron chi connectivity index (χ1n) is 8.64. The standard InChI is InChI=1S/C19H28N2/c1-16-10-6-7-13-19(16,21-14-8-3-9-15-21)18(20)17-11-4-2-5-12-17/h2,4-5,11-12,16,20H,3,6-10,13-15H2,1H3/t16-,19-/m1/s1. The summed E-state index contributed by atoms with van der Waals surface area (Å²) in [4.78, 5) is 2.66. The average Bonchev–Trinajstić information content (AvgIpc) is 2.56. The summed E-state index contributed by atoms with van der Waals surface area (Å²) in [6.45, 7) is 4.74. The molecule has 2 heteroatoms. The van der Waals surface area contributed by atoms with E-state index in [-0.39, 0.29) is 5.54 Å². The van der Waals surface area contributed by atoms with Crippen LogP contribution in [0.25, 0.3) is 0 Å². The second-order valence-corrected chi connectivity index (χ2v) is 6.86. The molecule has 2 atom stereocenters. The number of likely N-dealkylation sites (tertiary alicyclic amines) is 1. The van der Waals surface area contributed by atoms with Crippen LogP contribution < -0.4 is 0 Å². The van der Waals surface area contributed by atoms with Crippen molar-refractivity contribution in [3.8, 4) is 0 Å². The van der Waals surface area contributed by atoms with E-state index in [4.69, 9.17) is 5.41 Å². The largest absolute Gasteiger partial charge is 0.303 e. The fourth-order valence-electron chi connectivity index (χ4n) is 4.48. The smallest absolute Gasteiger partial charge is 0.0658 e. The molecule has 0 aromatic heterocycles. The van der Waals surface area contributed by atoms with E-state index in [1.165, 1.54) is 58.0 Å². The number of rotatable bonds is 3. The summed E-state index contributed by atoms with van der Waals surface area (Å²) in [7, 11) is 0. The second kappa shape index (κ2) is 6.31. The summed E-state index contributed by atoms with van der Waals surface area (Å²) in [6, 6.07) is 10.4. The van der Waals surface area contributed by atoms with Crippen molar-refractivity contribution in [2.75, 3.05) is 13.1 Å². The fourth-order valence-corrected chi connectivity index (χ4v) is 4.48. The maximum atomic E-state index is 9.00. The Hall–Kier alpha value is -1.15. The van der Waals surface area contributed by atoms with Crippen LogP contribution in [0.5, 0.6) is 0 Å². The molecule has 1 aliphatic carbocycles. The van der Waals surface area contributed by atoms with Gasteiger partial charge in [-0.2, -0.15) is 0 Å². The van der Waals surface area contributed by atoms with E-state index in [1.807, 2.05) is 0 Å². The molecule has 21 heavy (non-hydrogen) atoms. The lowest BCUT2D eigenvalue weighted by Gasteiger charge is -2.52. The third-order valence-corrected chi connectivity index (χ3v) is 5.68. The number of nitrogens with zero attached hydrogens (tertiary/aromatic N) is 1. The lowest BCUT2D eigenvalue weighted by atomic mass is 9.67. The zero-order valence-corrected chi connectivity index (χ0v) is 13.3. The predicted molar refractivity (Wildman–Crippen MR) is 89.1 cm³/mol. The minimum Gasteiger partial charge on any atom is -0.303 e. The fraction of sp³-hybridized carbons (Fsp3) is 0.632. The molecule has 0 radical (unpaired) electrons. The molecule has 1 N–H and O–H groups in total. The van der Waals surface area contributed by atoms with E-state index in [1.54, 1.807) is 0 Å². The van der Waals surface area contributed by atoms with Gasteiger partial charge in [-0.1, -0.05) is 56.5 Å². The third-order valence-electron chi connectivity index (χ3n) is 5.68. The lowest BCUT2D eigenvalue weighted by Crippen LogP contribution is -2.61. The van der Waals surface area contributed by atoms with Gasteiger partial charge in [-0.25, -0.2) is 0 Å². The molecule has 1 aliphatic heterocycles. The Kier molecular flexibility index (Phi) is 4.44. The van der Waals surface area contributed by atoms with Gasteiger partial charge in [-0.15, -0.1) is 0 Å². The first kappa shape index (κ1) is 14.8. The van der Waals surface area contributed by atoms with Crippen molar-refractivity contribution in [3.05, 3.63) is 35.9 Å². The van der Waals surface area contributed by atoms with Crippen molar-refractivity contribution in [1.82, 2.24) is 4.90 Å². The van der Waals surface area contributed by atoms with Crippen LogP contribution in [0.15, 0.2) is 30.3 Å². The Morgan fingerprint density at radius 2 is 1.76 bits per heavy atom. The van der Waals surface area contributed by atoms with E-state index >= 15 is 0 Å². The Labute approximate surface area is 129 Å². The van der Waals surface area contributed by atoms with Crippen molar-refractivity contribution in [2.24, 2.45) is 5.92 Å². The molecule has 114 valence electrons. The summed E-state index contributed by atoms with van der Waals surface area (Å²) >= 11 is 0. The number of hydrogen-bond acceptors (Lipinski definition) is 2. The third kappa shape index (κ3) is 2.66. The monoisotopic (exact) mass is 284 g/mol. The molecule has 2 nitrogen and oxygen atoms in total. The van der Waals surface area contributed by atoms with Crippen LogP contribution in [0.1, 0.15) is 57.4 Å². The molecule has 0 unspecified atom stereocenters. The van der Waals surface area contributed by atoms with Crippen molar-refractivity contribution < 1.29 is 0 Å². The zero-order chi connectivity index (χ0) is 14.7. The highest BCUT2D eigenvalue weighted by molar-refractivity contribution is 6.05. The maximum Gasteiger partial charge on any atom is 0.0658 e. The van der Waals surface area contributed by atoms with Gasteiger partial charge >= 0.3 is 0 Å². The topological polar surface area (TPSA) is 27.1 Å². The lowest BCUT2D eigenvalue weighted by molar-refractivity contribution is 0.0467. The number of benzene rings is 1. The Morgan fingerprint density at radius 3 is 2.43 bits per heavy atom. The highest BCUT2D eigenvalue weighted by Gasteiger charge is 2.47. The van der Waals surface area contributed by atoms with Crippen molar-refractivity contribution in [1.29, 1.82) is 5.41 Å². The summed E-state index contributed by atoms with van der Waals surface area (Å²) in [5.41, 5.74) is 1.98. The summed E-state index contributed by atoms with van der Waals surface area (Å²) in [6.07, 6.45) is 9.01. The SMILES string of the molecule is C[C@@H]1CCCC[C@@]1(C(=N)c1ccccc1)N1CCCCC1. The molecular formula is C19H28N2. The minimum absolute atomic E-state index is 0.0139. The molecule has 0 spiro atoms. The maximum absolute atomic E-state index is 9.00. The van der Waals surface area contributed by atoms with Gasteiger partial charge in [0.2, 0.25) is 0 Å². The Balaban J connectivity index is 1.97. The molecular weight excluding hydrogens is 256 g/mol.